The molecule has 0 aromatic heterocycles. The van der Waals surface area contributed by atoms with Gasteiger partial charge in [0.25, 0.3) is 5.69 Å². The first-order chi connectivity index (χ1) is 9.15. The molecule has 98 valence electrons. The lowest BCUT2D eigenvalue weighted by Gasteiger charge is -2.06. The van der Waals surface area contributed by atoms with E-state index in [4.69, 9.17) is 0 Å². The van der Waals surface area contributed by atoms with Crippen molar-refractivity contribution in [3.63, 3.8) is 0 Å². The minimum atomic E-state index is -0.381. The van der Waals surface area contributed by atoms with E-state index in [1.807, 2.05) is 18.2 Å². The van der Waals surface area contributed by atoms with Crippen LogP contribution in [0.1, 0.15) is 5.56 Å². The van der Waals surface area contributed by atoms with Gasteiger partial charge in [-0.15, -0.1) is 0 Å². The van der Waals surface area contributed by atoms with Crippen LogP contribution in [0.15, 0.2) is 48.5 Å². The number of hydrogen-bond donors (Lipinski definition) is 1. The summed E-state index contributed by atoms with van der Waals surface area (Å²) in [6.45, 7) is 0.803. The molecular weight excluding hydrogens is 355 g/mol. The smallest absolute Gasteiger partial charge is 0.269 e. The van der Waals surface area contributed by atoms with Crippen molar-refractivity contribution in [1.82, 2.24) is 0 Å². The summed E-state index contributed by atoms with van der Waals surface area (Å²) in [5.74, 6) is 0. The molecule has 2 aromatic rings. The minimum Gasteiger partial charge on any atom is -0.385 e. The van der Waals surface area contributed by atoms with Gasteiger partial charge in [-0.25, -0.2) is 0 Å². The van der Waals surface area contributed by atoms with Gasteiger partial charge in [-0.2, -0.15) is 0 Å². The summed E-state index contributed by atoms with van der Waals surface area (Å²) in [5, 5.41) is 13.9. The van der Waals surface area contributed by atoms with Crippen LogP contribution in [0.3, 0.4) is 0 Å². The molecule has 5 heteroatoms. The Morgan fingerprint density at radius 2 is 1.89 bits per heavy atom. The summed E-state index contributed by atoms with van der Waals surface area (Å²) < 4.78 is 1.19. The Morgan fingerprint density at radius 1 is 1.16 bits per heavy atom. The van der Waals surface area contributed by atoms with Gasteiger partial charge >= 0.3 is 0 Å². The van der Waals surface area contributed by atoms with Gasteiger partial charge < -0.3 is 5.32 Å². The van der Waals surface area contributed by atoms with Crippen molar-refractivity contribution in [2.24, 2.45) is 0 Å². The van der Waals surface area contributed by atoms with Gasteiger partial charge in [-0.3, -0.25) is 10.1 Å². The van der Waals surface area contributed by atoms with Crippen molar-refractivity contribution in [1.29, 1.82) is 0 Å². The molecule has 19 heavy (non-hydrogen) atoms. The van der Waals surface area contributed by atoms with Crippen LogP contribution < -0.4 is 5.32 Å². The fourth-order valence-corrected chi connectivity index (χ4v) is 2.28. The summed E-state index contributed by atoms with van der Waals surface area (Å²) in [5.41, 5.74) is 2.31. The Morgan fingerprint density at radius 3 is 2.53 bits per heavy atom. The SMILES string of the molecule is O=[N+]([O-])c1ccc(CCNc2cccc(I)c2)cc1. The van der Waals surface area contributed by atoms with E-state index in [1.165, 1.54) is 3.57 Å². The van der Waals surface area contributed by atoms with E-state index in [0.717, 1.165) is 24.2 Å². The number of nitro benzene ring substituents is 1. The Bertz CT molecular complexity index is 570. The molecular formula is C14H13IN2O2. The molecule has 0 aliphatic rings. The van der Waals surface area contributed by atoms with Crippen LogP contribution in [0.2, 0.25) is 0 Å². The Hall–Kier alpha value is -1.63. The molecule has 0 radical (unpaired) electrons. The fraction of sp³-hybridized carbons (Fsp3) is 0.143. The molecule has 0 bridgehead atoms. The van der Waals surface area contributed by atoms with E-state index in [2.05, 4.69) is 34.0 Å². The zero-order valence-electron chi connectivity index (χ0n) is 10.2. The number of rotatable bonds is 5. The van der Waals surface area contributed by atoms with Crippen LogP contribution in [0.25, 0.3) is 0 Å². The number of halogens is 1. The highest BCUT2D eigenvalue weighted by Gasteiger charge is 2.03. The minimum absolute atomic E-state index is 0.134. The lowest BCUT2D eigenvalue weighted by Crippen LogP contribution is -2.04. The predicted octanol–water partition coefficient (Wildman–Crippen LogP) is 3.85. The van der Waals surface area contributed by atoms with Crippen molar-refractivity contribution in [3.05, 3.63) is 67.8 Å². The van der Waals surface area contributed by atoms with E-state index < -0.39 is 0 Å². The maximum absolute atomic E-state index is 10.5. The predicted molar refractivity (Wildman–Crippen MR) is 84.4 cm³/mol. The van der Waals surface area contributed by atoms with Crippen molar-refractivity contribution >= 4 is 34.0 Å². The second-order valence-corrected chi connectivity index (χ2v) is 5.36. The van der Waals surface area contributed by atoms with Crippen LogP contribution in [-0.2, 0) is 6.42 Å². The van der Waals surface area contributed by atoms with Gasteiger partial charge in [0.2, 0.25) is 0 Å². The topological polar surface area (TPSA) is 55.2 Å². The van der Waals surface area contributed by atoms with Crippen LogP contribution in [0, 0.1) is 13.7 Å². The molecule has 0 aliphatic carbocycles. The lowest BCUT2D eigenvalue weighted by atomic mass is 10.1. The van der Waals surface area contributed by atoms with Crippen LogP contribution in [0.4, 0.5) is 11.4 Å². The van der Waals surface area contributed by atoms with E-state index in [0.29, 0.717) is 0 Å². The average molecular weight is 368 g/mol. The van der Waals surface area contributed by atoms with Crippen molar-refractivity contribution in [3.8, 4) is 0 Å². The maximum Gasteiger partial charge on any atom is 0.269 e. The molecule has 2 aromatic carbocycles. The van der Waals surface area contributed by atoms with E-state index in [-0.39, 0.29) is 10.6 Å². The van der Waals surface area contributed by atoms with Gasteiger partial charge in [-0.05, 0) is 52.8 Å². The number of non-ortho nitro benzene ring substituents is 1. The highest BCUT2D eigenvalue weighted by Crippen LogP contribution is 2.14. The first-order valence-electron chi connectivity index (χ1n) is 5.88. The quantitative estimate of drug-likeness (QED) is 0.496. The van der Waals surface area contributed by atoms with Crippen LogP contribution in [0.5, 0.6) is 0 Å². The number of hydrogen-bond acceptors (Lipinski definition) is 3. The molecule has 0 fully saturated rings. The van der Waals surface area contributed by atoms with Gasteiger partial charge in [0.1, 0.15) is 0 Å². The normalized spacial score (nSPS) is 10.2. The van der Waals surface area contributed by atoms with E-state index >= 15 is 0 Å². The summed E-state index contributed by atoms with van der Waals surface area (Å²) >= 11 is 2.27. The molecule has 0 spiro atoms. The first kappa shape index (κ1) is 13.8. The van der Waals surface area contributed by atoms with Crippen LogP contribution in [-0.4, -0.2) is 11.5 Å². The second-order valence-electron chi connectivity index (χ2n) is 4.11. The molecule has 0 amide bonds. The molecule has 1 N–H and O–H groups in total. The third-order valence-corrected chi connectivity index (χ3v) is 3.39. The summed E-state index contributed by atoms with van der Waals surface area (Å²) in [6.07, 6.45) is 0.837. The number of anilines is 1. The third kappa shape index (κ3) is 4.20. The number of nitrogens with one attached hydrogen (secondary N) is 1. The Balaban J connectivity index is 1.87. The van der Waals surface area contributed by atoms with Gasteiger partial charge in [-0.1, -0.05) is 18.2 Å². The standard InChI is InChI=1S/C14H13IN2O2/c15-12-2-1-3-13(10-12)16-9-8-11-4-6-14(7-5-11)17(18)19/h1-7,10,16H,8-9H2. The molecule has 0 heterocycles. The van der Waals surface area contributed by atoms with Crippen LogP contribution >= 0.6 is 22.6 Å². The number of nitrogens with zero attached hydrogens (tertiary/aromatic N) is 1. The monoisotopic (exact) mass is 368 g/mol. The molecule has 2 rings (SSSR count). The van der Waals surface area contributed by atoms with E-state index in [9.17, 15) is 10.1 Å². The highest BCUT2D eigenvalue weighted by molar-refractivity contribution is 14.1. The lowest BCUT2D eigenvalue weighted by molar-refractivity contribution is -0.384. The Kier molecular flexibility index (Phi) is 4.73. The largest absolute Gasteiger partial charge is 0.385 e. The molecule has 0 aliphatic heterocycles. The number of nitro groups is 1. The molecule has 0 saturated heterocycles. The third-order valence-electron chi connectivity index (χ3n) is 2.71. The number of benzene rings is 2. The zero-order valence-corrected chi connectivity index (χ0v) is 12.3. The first-order valence-corrected chi connectivity index (χ1v) is 6.96. The van der Waals surface area contributed by atoms with Gasteiger partial charge in [0.05, 0.1) is 4.92 Å². The zero-order chi connectivity index (χ0) is 13.7. The molecule has 4 nitrogen and oxygen atoms in total. The van der Waals surface area contributed by atoms with Crippen molar-refractivity contribution in [2.75, 3.05) is 11.9 Å². The maximum atomic E-state index is 10.5. The van der Waals surface area contributed by atoms with Crippen molar-refractivity contribution in [2.45, 2.75) is 6.42 Å². The summed E-state index contributed by atoms with van der Waals surface area (Å²) in [4.78, 5) is 10.2. The fourth-order valence-electron chi connectivity index (χ4n) is 1.73. The van der Waals surface area contributed by atoms with Crippen molar-refractivity contribution < 1.29 is 4.92 Å². The Labute approximate surface area is 125 Å². The van der Waals surface area contributed by atoms with Gasteiger partial charge in [0, 0.05) is 27.9 Å². The molecule has 0 saturated carbocycles. The average Bonchev–Trinajstić information content (AvgIpc) is 2.39. The van der Waals surface area contributed by atoms with E-state index in [1.54, 1.807) is 24.3 Å². The molecule has 0 unspecified atom stereocenters. The van der Waals surface area contributed by atoms with Gasteiger partial charge in [0.15, 0.2) is 0 Å². The summed E-state index contributed by atoms with van der Waals surface area (Å²) in [6, 6.07) is 14.8. The molecule has 0 atom stereocenters. The highest BCUT2D eigenvalue weighted by atomic mass is 127. The second kappa shape index (κ2) is 6.51. The summed E-state index contributed by atoms with van der Waals surface area (Å²) in [7, 11) is 0.